The van der Waals surface area contributed by atoms with Crippen LogP contribution in [-0.4, -0.2) is 37.9 Å². The first-order chi connectivity index (χ1) is 12.0. The number of benzene rings is 1. The lowest BCUT2D eigenvalue weighted by Crippen LogP contribution is -2.45. The molecule has 1 saturated carbocycles. The second-order valence-electron chi connectivity index (χ2n) is 7.67. The highest BCUT2D eigenvalue weighted by molar-refractivity contribution is 5.65. The summed E-state index contributed by atoms with van der Waals surface area (Å²) in [5, 5.41) is 13.1. The van der Waals surface area contributed by atoms with Crippen LogP contribution in [0.15, 0.2) is 18.2 Å². The first-order valence-electron chi connectivity index (χ1n) is 9.49. The van der Waals surface area contributed by atoms with Crippen molar-refractivity contribution in [2.45, 2.75) is 57.8 Å². The summed E-state index contributed by atoms with van der Waals surface area (Å²) in [5.41, 5.74) is 8.74. The van der Waals surface area contributed by atoms with Crippen molar-refractivity contribution in [3.63, 3.8) is 0 Å². The lowest BCUT2D eigenvalue weighted by molar-refractivity contribution is -0.00521. The van der Waals surface area contributed by atoms with Crippen molar-refractivity contribution in [1.29, 1.82) is 5.26 Å². The summed E-state index contributed by atoms with van der Waals surface area (Å²) in [4.78, 5) is 2.31. The average Bonchev–Trinajstić information content (AvgIpc) is 2.60. The molecule has 1 aromatic carbocycles. The number of nitrogens with zero attached hydrogens (tertiary/aromatic N) is 2. The summed E-state index contributed by atoms with van der Waals surface area (Å²) < 4.78 is 5.80. The third-order valence-electron chi connectivity index (χ3n) is 5.38. The Hall–Kier alpha value is -1.77. The van der Waals surface area contributed by atoms with E-state index in [1.165, 1.54) is 12.8 Å². The molecule has 3 rings (SSSR count). The highest BCUT2D eigenvalue weighted by atomic mass is 16.5. The SMILES string of the molecule is C[C@@H]1CN(c2ccc(NCC3CCC(N)CC3)c(C#N)c2)C[C@@H](C)O1. The number of nitrogens with two attached hydrogens (primary N) is 1. The van der Waals surface area contributed by atoms with Crippen LogP contribution in [0.1, 0.15) is 45.1 Å². The van der Waals surface area contributed by atoms with Crippen molar-refractivity contribution < 1.29 is 4.74 Å². The fourth-order valence-corrected chi connectivity index (χ4v) is 4.01. The molecular weight excluding hydrogens is 312 g/mol. The van der Waals surface area contributed by atoms with E-state index in [0.29, 0.717) is 12.0 Å². The molecule has 0 amide bonds. The van der Waals surface area contributed by atoms with Gasteiger partial charge in [0, 0.05) is 31.4 Å². The summed E-state index contributed by atoms with van der Waals surface area (Å²) in [5.74, 6) is 0.659. The predicted molar refractivity (Wildman–Crippen MR) is 102 cm³/mol. The fraction of sp³-hybridized carbons (Fsp3) is 0.650. The number of hydrogen-bond donors (Lipinski definition) is 2. The van der Waals surface area contributed by atoms with E-state index in [1.54, 1.807) is 0 Å². The standard InChI is InChI=1S/C20H30N4O/c1-14-12-24(13-15(2)25-14)19-7-8-20(17(9-19)10-21)23-11-16-3-5-18(22)6-4-16/h7-9,14-16,18,23H,3-6,11-13,22H2,1-2H3/t14-,15-,16?,18?/m1/s1. The smallest absolute Gasteiger partial charge is 0.101 e. The van der Waals surface area contributed by atoms with Crippen LogP contribution in [0.25, 0.3) is 0 Å². The van der Waals surface area contributed by atoms with Gasteiger partial charge in [0.15, 0.2) is 0 Å². The van der Waals surface area contributed by atoms with Crippen LogP contribution in [0.2, 0.25) is 0 Å². The van der Waals surface area contributed by atoms with Gasteiger partial charge in [-0.05, 0) is 63.6 Å². The van der Waals surface area contributed by atoms with Crippen molar-refractivity contribution >= 4 is 11.4 Å². The van der Waals surface area contributed by atoms with E-state index in [0.717, 1.165) is 49.4 Å². The maximum atomic E-state index is 9.57. The number of nitriles is 1. The molecule has 2 atom stereocenters. The second-order valence-corrected chi connectivity index (χ2v) is 7.67. The van der Waals surface area contributed by atoms with Crippen molar-refractivity contribution in [2.75, 3.05) is 29.9 Å². The maximum absolute atomic E-state index is 9.57. The summed E-state index contributed by atoms with van der Waals surface area (Å²) in [6.07, 6.45) is 5.01. The molecule has 1 aliphatic carbocycles. The number of morpholine rings is 1. The molecule has 1 heterocycles. The van der Waals surface area contributed by atoms with Crippen LogP contribution in [-0.2, 0) is 4.74 Å². The van der Waals surface area contributed by atoms with Gasteiger partial charge in [-0.25, -0.2) is 0 Å². The minimum Gasteiger partial charge on any atom is -0.384 e. The number of nitrogens with one attached hydrogen (secondary N) is 1. The lowest BCUT2D eigenvalue weighted by Gasteiger charge is -2.37. The van der Waals surface area contributed by atoms with Crippen LogP contribution in [0.3, 0.4) is 0 Å². The molecule has 2 fully saturated rings. The first kappa shape index (κ1) is 18.0. The van der Waals surface area contributed by atoms with Gasteiger partial charge in [-0.15, -0.1) is 0 Å². The molecule has 1 aromatic rings. The molecule has 1 saturated heterocycles. The van der Waals surface area contributed by atoms with Gasteiger partial charge in [0.05, 0.1) is 23.5 Å². The van der Waals surface area contributed by atoms with E-state index in [2.05, 4.69) is 36.2 Å². The molecule has 25 heavy (non-hydrogen) atoms. The Morgan fingerprint density at radius 3 is 2.52 bits per heavy atom. The zero-order chi connectivity index (χ0) is 17.8. The molecule has 0 spiro atoms. The van der Waals surface area contributed by atoms with E-state index in [4.69, 9.17) is 10.5 Å². The van der Waals surface area contributed by atoms with Crippen LogP contribution in [0, 0.1) is 17.2 Å². The van der Waals surface area contributed by atoms with Crippen molar-refractivity contribution in [3.8, 4) is 6.07 Å². The van der Waals surface area contributed by atoms with E-state index >= 15 is 0 Å². The van der Waals surface area contributed by atoms with Gasteiger partial charge in [-0.1, -0.05) is 0 Å². The van der Waals surface area contributed by atoms with Gasteiger partial charge in [-0.2, -0.15) is 5.26 Å². The van der Waals surface area contributed by atoms with Gasteiger partial charge in [-0.3, -0.25) is 0 Å². The first-order valence-corrected chi connectivity index (χ1v) is 9.49. The molecule has 0 unspecified atom stereocenters. The normalized spacial score (nSPS) is 29.9. The topological polar surface area (TPSA) is 74.3 Å². The maximum Gasteiger partial charge on any atom is 0.101 e. The third kappa shape index (κ3) is 4.65. The van der Waals surface area contributed by atoms with Crippen molar-refractivity contribution in [1.82, 2.24) is 0 Å². The minimum atomic E-state index is 0.213. The largest absolute Gasteiger partial charge is 0.384 e. The number of anilines is 2. The molecule has 0 aromatic heterocycles. The number of hydrogen-bond acceptors (Lipinski definition) is 5. The number of ether oxygens (including phenoxy) is 1. The van der Waals surface area contributed by atoms with Gasteiger partial charge in [0.2, 0.25) is 0 Å². The molecule has 5 heteroatoms. The van der Waals surface area contributed by atoms with E-state index < -0.39 is 0 Å². The number of rotatable bonds is 4. The van der Waals surface area contributed by atoms with Crippen LogP contribution in [0.4, 0.5) is 11.4 Å². The summed E-state index contributed by atoms with van der Waals surface area (Å²) in [6.45, 7) is 6.85. The van der Waals surface area contributed by atoms with Gasteiger partial charge in [0.1, 0.15) is 6.07 Å². The van der Waals surface area contributed by atoms with Crippen LogP contribution >= 0.6 is 0 Å². The quantitative estimate of drug-likeness (QED) is 0.879. The van der Waals surface area contributed by atoms with Crippen molar-refractivity contribution in [3.05, 3.63) is 23.8 Å². The van der Waals surface area contributed by atoms with Crippen molar-refractivity contribution in [2.24, 2.45) is 11.7 Å². The Labute approximate surface area is 151 Å². The monoisotopic (exact) mass is 342 g/mol. The Kier molecular flexibility index (Phi) is 5.82. The Morgan fingerprint density at radius 1 is 1.20 bits per heavy atom. The second kappa shape index (κ2) is 8.07. The molecule has 3 N–H and O–H groups in total. The van der Waals surface area contributed by atoms with Crippen LogP contribution < -0.4 is 16.0 Å². The summed E-state index contributed by atoms with van der Waals surface area (Å²) >= 11 is 0. The van der Waals surface area contributed by atoms with E-state index in [-0.39, 0.29) is 12.2 Å². The zero-order valence-electron chi connectivity index (χ0n) is 15.4. The lowest BCUT2D eigenvalue weighted by atomic mass is 9.86. The molecule has 136 valence electrons. The highest BCUT2D eigenvalue weighted by Gasteiger charge is 2.23. The fourth-order valence-electron chi connectivity index (χ4n) is 4.01. The summed E-state index contributed by atoms with van der Waals surface area (Å²) in [7, 11) is 0. The van der Waals surface area contributed by atoms with Gasteiger partial charge < -0.3 is 20.7 Å². The molecule has 0 radical (unpaired) electrons. The Bertz CT molecular complexity index is 609. The minimum absolute atomic E-state index is 0.213. The van der Waals surface area contributed by atoms with Crippen LogP contribution in [0.5, 0.6) is 0 Å². The van der Waals surface area contributed by atoms with E-state index in [9.17, 15) is 5.26 Å². The predicted octanol–water partition coefficient (Wildman–Crippen LogP) is 3.10. The van der Waals surface area contributed by atoms with E-state index in [1.807, 2.05) is 12.1 Å². The molecule has 5 nitrogen and oxygen atoms in total. The molecular formula is C20H30N4O. The third-order valence-corrected chi connectivity index (χ3v) is 5.38. The Balaban J connectivity index is 1.64. The molecule has 1 aliphatic heterocycles. The van der Waals surface area contributed by atoms with Gasteiger partial charge >= 0.3 is 0 Å². The average molecular weight is 342 g/mol. The molecule has 2 aliphatic rings. The summed E-state index contributed by atoms with van der Waals surface area (Å²) in [6, 6.07) is 8.90. The zero-order valence-corrected chi connectivity index (χ0v) is 15.4. The molecule has 0 bridgehead atoms. The van der Waals surface area contributed by atoms with Gasteiger partial charge in [0.25, 0.3) is 0 Å². The highest BCUT2D eigenvalue weighted by Crippen LogP contribution is 2.27. The Morgan fingerprint density at radius 2 is 1.88 bits per heavy atom.